The van der Waals surface area contributed by atoms with Crippen molar-refractivity contribution in [2.45, 2.75) is 13.5 Å². The summed E-state index contributed by atoms with van der Waals surface area (Å²) in [4.78, 5) is 16.2. The molecule has 0 aliphatic heterocycles. The number of benzene rings is 1. The summed E-state index contributed by atoms with van der Waals surface area (Å²) in [5, 5.41) is 2.92. The number of aromatic nitrogens is 2. The molecule has 0 aliphatic rings. The fourth-order valence-corrected chi connectivity index (χ4v) is 2.05. The first-order chi connectivity index (χ1) is 9.72. The second-order valence-electron chi connectivity index (χ2n) is 4.78. The van der Waals surface area contributed by atoms with Crippen molar-refractivity contribution in [1.29, 1.82) is 0 Å². The summed E-state index contributed by atoms with van der Waals surface area (Å²) in [5.74, 6) is -0.0618. The maximum atomic E-state index is 12.0. The molecule has 4 nitrogen and oxygen atoms in total. The molecule has 0 saturated carbocycles. The van der Waals surface area contributed by atoms with Gasteiger partial charge in [-0.3, -0.25) is 4.79 Å². The average molecular weight is 265 g/mol. The van der Waals surface area contributed by atoms with Gasteiger partial charge in [0.1, 0.15) is 5.65 Å². The van der Waals surface area contributed by atoms with E-state index in [1.54, 1.807) is 6.20 Å². The monoisotopic (exact) mass is 265 g/mol. The van der Waals surface area contributed by atoms with Crippen LogP contribution in [0.15, 0.2) is 55.0 Å². The van der Waals surface area contributed by atoms with Crippen LogP contribution in [0.2, 0.25) is 0 Å². The molecule has 100 valence electrons. The Bertz CT molecular complexity index is 744. The van der Waals surface area contributed by atoms with Gasteiger partial charge in [-0.1, -0.05) is 17.7 Å². The molecule has 0 saturated heterocycles. The van der Waals surface area contributed by atoms with Gasteiger partial charge >= 0.3 is 0 Å². The molecule has 0 fully saturated rings. The largest absolute Gasteiger partial charge is 0.348 e. The Labute approximate surface area is 117 Å². The van der Waals surface area contributed by atoms with Crippen molar-refractivity contribution in [3.63, 3.8) is 0 Å². The van der Waals surface area contributed by atoms with Gasteiger partial charge in [-0.2, -0.15) is 0 Å². The number of amides is 1. The number of aryl methyl sites for hydroxylation is 1. The molecule has 4 heteroatoms. The topological polar surface area (TPSA) is 46.4 Å². The number of carbonyl (C=O) groups is 1. The molecule has 3 aromatic rings. The fourth-order valence-electron chi connectivity index (χ4n) is 2.05. The second kappa shape index (κ2) is 5.17. The number of nitrogens with one attached hydrogen (secondary N) is 1. The maximum absolute atomic E-state index is 12.0. The Hall–Kier alpha value is -2.62. The highest BCUT2D eigenvalue weighted by Gasteiger charge is 2.05. The van der Waals surface area contributed by atoms with E-state index in [-0.39, 0.29) is 5.91 Å². The number of hydrogen-bond acceptors (Lipinski definition) is 2. The zero-order valence-electron chi connectivity index (χ0n) is 11.2. The molecule has 2 aromatic heterocycles. The third-order valence-corrected chi connectivity index (χ3v) is 3.23. The number of pyridine rings is 1. The summed E-state index contributed by atoms with van der Waals surface area (Å²) in [6.07, 6.45) is 5.59. The van der Waals surface area contributed by atoms with Gasteiger partial charge in [0.05, 0.1) is 0 Å². The van der Waals surface area contributed by atoms with Gasteiger partial charge in [0.25, 0.3) is 5.91 Å². The number of imidazole rings is 1. The lowest BCUT2D eigenvalue weighted by atomic mass is 10.1. The minimum absolute atomic E-state index is 0.0618. The van der Waals surface area contributed by atoms with E-state index in [4.69, 9.17) is 0 Å². The van der Waals surface area contributed by atoms with Crippen LogP contribution < -0.4 is 5.32 Å². The van der Waals surface area contributed by atoms with Crippen LogP contribution in [0.5, 0.6) is 0 Å². The van der Waals surface area contributed by atoms with E-state index in [1.807, 2.05) is 60.1 Å². The minimum atomic E-state index is -0.0618. The van der Waals surface area contributed by atoms with Gasteiger partial charge in [0, 0.05) is 30.7 Å². The van der Waals surface area contributed by atoms with E-state index in [0.717, 1.165) is 16.8 Å². The van der Waals surface area contributed by atoms with Gasteiger partial charge in [-0.05, 0) is 36.8 Å². The smallest absolute Gasteiger partial charge is 0.251 e. The van der Waals surface area contributed by atoms with E-state index in [1.165, 1.54) is 0 Å². The number of nitrogens with zero attached hydrogens (tertiary/aromatic N) is 2. The first-order valence-corrected chi connectivity index (χ1v) is 6.49. The van der Waals surface area contributed by atoms with Crippen molar-refractivity contribution >= 4 is 11.6 Å². The molecule has 3 rings (SSSR count). The van der Waals surface area contributed by atoms with Gasteiger partial charge in [0.15, 0.2) is 0 Å². The quantitative estimate of drug-likeness (QED) is 0.791. The normalized spacial score (nSPS) is 10.7. The van der Waals surface area contributed by atoms with Crippen LogP contribution in [0.3, 0.4) is 0 Å². The third kappa shape index (κ3) is 2.54. The van der Waals surface area contributed by atoms with E-state index in [0.29, 0.717) is 12.1 Å². The summed E-state index contributed by atoms with van der Waals surface area (Å²) in [6, 6.07) is 11.5. The van der Waals surface area contributed by atoms with Crippen molar-refractivity contribution in [2.24, 2.45) is 0 Å². The lowest BCUT2D eigenvalue weighted by Gasteiger charge is -2.06. The average Bonchev–Trinajstić information content (AvgIpc) is 2.93. The highest BCUT2D eigenvalue weighted by molar-refractivity contribution is 5.94. The Balaban J connectivity index is 1.69. The highest BCUT2D eigenvalue weighted by atomic mass is 16.1. The molecular formula is C16H15N3O. The Morgan fingerprint density at radius 2 is 2.00 bits per heavy atom. The fraction of sp³-hybridized carbons (Fsp3) is 0.125. The Kier molecular flexibility index (Phi) is 3.21. The van der Waals surface area contributed by atoms with Gasteiger partial charge in [-0.15, -0.1) is 0 Å². The number of rotatable bonds is 3. The first-order valence-electron chi connectivity index (χ1n) is 6.49. The molecule has 0 radical (unpaired) electrons. The van der Waals surface area contributed by atoms with E-state index in [9.17, 15) is 4.79 Å². The second-order valence-corrected chi connectivity index (χ2v) is 4.78. The van der Waals surface area contributed by atoms with E-state index < -0.39 is 0 Å². The number of fused-ring (bicyclic) bond motifs is 1. The Morgan fingerprint density at radius 3 is 2.80 bits per heavy atom. The molecule has 1 amide bonds. The zero-order chi connectivity index (χ0) is 13.9. The maximum Gasteiger partial charge on any atom is 0.251 e. The molecule has 2 heterocycles. The minimum Gasteiger partial charge on any atom is -0.348 e. The van der Waals surface area contributed by atoms with Crippen LogP contribution in [-0.2, 0) is 6.54 Å². The highest BCUT2D eigenvalue weighted by Crippen LogP contribution is 2.07. The molecule has 1 N–H and O–H groups in total. The van der Waals surface area contributed by atoms with Gasteiger partial charge in [-0.25, -0.2) is 4.98 Å². The summed E-state index contributed by atoms with van der Waals surface area (Å²) in [7, 11) is 0. The van der Waals surface area contributed by atoms with Crippen LogP contribution in [0.4, 0.5) is 0 Å². The Morgan fingerprint density at radius 1 is 1.20 bits per heavy atom. The SMILES string of the molecule is Cc1ccc(C(=O)NCc2ccn3ccnc3c2)cc1. The van der Waals surface area contributed by atoms with E-state index >= 15 is 0 Å². The molecular weight excluding hydrogens is 250 g/mol. The first kappa shape index (κ1) is 12.4. The third-order valence-electron chi connectivity index (χ3n) is 3.23. The predicted molar refractivity (Wildman–Crippen MR) is 77.5 cm³/mol. The summed E-state index contributed by atoms with van der Waals surface area (Å²) < 4.78 is 1.94. The van der Waals surface area contributed by atoms with Crippen LogP contribution in [-0.4, -0.2) is 15.3 Å². The molecule has 0 bridgehead atoms. The van der Waals surface area contributed by atoms with Crippen molar-refractivity contribution in [3.05, 3.63) is 71.7 Å². The molecule has 20 heavy (non-hydrogen) atoms. The summed E-state index contributed by atoms with van der Waals surface area (Å²) >= 11 is 0. The molecule has 0 atom stereocenters. The molecule has 1 aromatic carbocycles. The summed E-state index contributed by atoms with van der Waals surface area (Å²) in [5.41, 5.74) is 3.74. The van der Waals surface area contributed by atoms with Crippen molar-refractivity contribution < 1.29 is 4.79 Å². The van der Waals surface area contributed by atoms with Gasteiger partial charge in [0.2, 0.25) is 0 Å². The van der Waals surface area contributed by atoms with Crippen molar-refractivity contribution in [2.75, 3.05) is 0 Å². The number of carbonyl (C=O) groups excluding carboxylic acids is 1. The van der Waals surface area contributed by atoms with Crippen LogP contribution in [0, 0.1) is 6.92 Å². The number of hydrogen-bond donors (Lipinski definition) is 1. The summed E-state index contributed by atoms with van der Waals surface area (Å²) in [6.45, 7) is 2.50. The predicted octanol–water partition coefficient (Wildman–Crippen LogP) is 2.57. The lowest BCUT2D eigenvalue weighted by molar-refractivity contribution is 0.0951. The van der Waals surface area contributed by atoms with Gasteiger partial charge < -0.3 is 9.72 Å². The van der Waals surface area contributed by atoms with Crippen LogP contribution >= 0.6 is 0 Å². The lowest BCUT2D eigenvalue weighted by Crippen LogP contribution is -2.22. The molecule has 0 spiro atoms. The molecule has 0 aliphatic carbocycles. The zero-order valence-corrected chi connectivity index (χ0v) is 11.2. The van der Waals surface area contributed by atoms with E-state index in [2.05, 4.69) is 10.3 Å². The van der Waals surface area contributed by atoms with Crippen LogP contribution in [0.25, 0.3) is 5.65 Å². The van der Waals surface area contributed by atoms with Crippen molar-refractivity contribution in [3.8, 4) is 0 Å². The van der Waals surface area contributed by atoms with Crippen LogP contribution in [0.1, 0.15) is 21.5 Å². The standard InChI is InChI=1S/C16H15N3O/c1-12-2-4-14(5-3-12)16(20)18-11-13-6-8-19-9-7-17-15(19)10-13/h2-10H,11H2,1H3,(H,18,20). The molecule has 0 unspecified atom stereocenters. The van der Waals surface area contributed by atoms with Crippen molar-refractivity contribution in [1.82, 2.24) is 14.7 Å².